The van der Waals surface area contributed by atoms with Crippen molar-refractivity contribution in [2.75, 3.05) is 0 Å². The third kappa shape index (κ3) is 3.97. The Bertz CT molecular complexity index is 387. The number of aliphatic hydroxyl groups excluding tert-OH is 2. The van der Waals surface area contributed by atoms with Crippen molar-refractivity contribution in [3.63, 3.8) is 0 Å². The molecule has 1 aromatic rings. The molecule has 92 valence electrons. The third-order valence-electron chi connectivity index (χ3n) is 2.18. The molecule has 1 aromatic carbocycles. The second-order valence-electron chi connectivity index (χ2n) is 3.59. The minimum atomic E-state index is -1.84. The summed E-state index contributed by atoms with van der Waals surface area (Å²) in [5, 5.41) is 18.5. The van der Waals surface area contributed by atoms with E-state index in [1.54, 1.807) is 24.3 Å². The Morgan fingerprint density at radius 1 is 1.18 bits per heavy atom. The quantitative estimate of drug-likeness (QED) is 0.708. The fraction of sp³-hybridized carbons (Fsp3) is 0.333. The number of ketones is 1. The maximum absolute atomic E-state index is 11.3. The number of ether oxygens (including phenoxy) is 1. The normalized spacial score (nSPS) is 13.8. The number of Topliss-reactive ketones (excluding diaryl/α,β-unsaturated/α-hetero) is 1. The molecule has 0 fully saturated rings. The SMILES string of the molecule is CC(=O)C(O)C(O)C(=O)OCc1ccccc1. The smallest absolute Gasteiger partial charge is 0.338 e. The molecule has 2 N–H and O–H groups in total. The lowest BCUT2D eigenvalue weighted by atomic mass is 10.1. The lowest BCUT2D eigenvalue weighted by Gasteiger charge is -2.14. The van der Waals surface area contributed by atoms with Crippen molar-refractivity contribution in [2.45, 2.75) is 25.7 Å². The number of carbonyl (C=O) groups is 2. The predicted octanol–water partition coefficient (Wildman–Crippen LogP) is 0.0406. The molecule has 0 aliphatic carbocycles. The summed E-state index contributed by atoms with van der Waals surface area (Å²) in [4.78, 5) is 22.0. The largest absolute Gasteiger partial charge is 0.459 e. The first kappa shape index (κ1) is 13.3. The average Bonchev–Trinajstić information content (AvgIpc) is 2.35. The number of hydrogen-bond acceptors (Lipinski definition) is 5. The fourth-order valence-corrected chi connectivity index (χ4v) is 1.17. The highest BCUT2D eigenvalue weighted by atomic mass is 16.5. The van der Waals surface area contributed by atoms with Gasteiger partial charge in [-0.25, -0.2) is 4.79 Å². The van der Waals surface area contributed by atoms with E-state index in [0.717, 1.165) is 12.5 Å². The lowest BCUT2D eigenvalue weighted by Crippen LogP contribution is -2.39. The van der Waals surface area contributed by atoms with Gasteiger partial charge in [-0.15, -0.1) is 0 Å². The molecule has 2 atom stereocenters. The Morgan fingerprint density at radius 2 is 1.76 bits per heavy atom. The first-order chi connectivity index (χ1) is 8.02. The summed E-state index contributed by atoms with van der Waals surface area (Å²) in [6.45, 7) is 1.07. The van der Waals surface area contributed by atoms with E-state index < -0.39 is 24.0 Å². The Kier molecular flexibility index (Phi) is 4.81. The second-order valence-corrected chi connectivity index (χ2v) is 3.59. The highest BCUT2D eigenvalue weighted by molar-refractivity contribution is 5.88. The van der Waals surface area contributed by atoms with Gasteiger partial charge in [0, 0.05) is 0 Å². The summed E-state index contributed by atoms with van der Waals surface area (Å²) < 4.78 is 4.76. The molecule has 0 heterocycles. The molecule has 17 heavy (non-hydrogen) atoms. The van der Waals surface area contributed by atoms with E-state index in [-0.39, 0.29) is 6.61 Å². The van der Waals surface area contributed by atoms with Gasteiger partial charge < -0.3 is 14.9 Å². The van der Waals surface area contributed by atoms with E-state index in [9.17, 15) is 14.7 Å². The summed E-state index contributed by atoms with van der Waals surface area (Å²) in [6.07, 6.45) is -3.57. The standard InChI is InChI=1S/C12H14O5/c1-8(13)10(14)11(15)12(16)17-7-9-5-3-2-4-6-9/h2-6,10-11,14-15H,7H2,1H3. The van der Waals surface area contributed by atoms with Crippen LogP contribution in [0, 0.1) is 0 Å². The molecular weight excluding hydrogens is 224 g/mol. The average molecular weight is 238 g/mol. The summed E-state index contributed by atoms with van der Waals surface area (Å²) in [6, 6.07) is 8.88. The number of aliphatic hydroxyl groups is 2. The highest BCUT2D eigenvalue weighted by Gasteiger charge is 2.28. The van der Waals surface area contributed by atoms with E-state index in [1.165, 1.54) is 0 Å². The van der Waals surface area contributed by atoms with Crippen molar-refractivity contribution in [1.29, 1.82) is 0 Å². The van der Waals surface area contributed by atoms with Crippen LogP contribution >= 0.6 is 0 Å². The van der Waals surface area contributed by atoms with Crippen molar-refractivity contribution in [3.05, 3.63) is 35.9 Å². The van der Waals surface area contributed by atoms with Crippen LogP contribution in [-0.4, -0.2) is 34.2 Å². The van der Waals surface area contributed by atoms with Gasteiger partial charge in [0.2, 0.25) is 0 Å². The molecule has 5 heteroatoms. The van der Waals surface area contributed by atoms with Crippen LogP contribution in [-0.2, 0) is 20.9 Å². The number of esters is 1. The van der Waals surface area contributed by atoms with Crippen molar-refractivity contribution in [1.82, 2.24) is 0 Å². The molecule has 0 saturated heterocycles. The zero-order valence-corrected chi connectivity index (χ0v) is 9.37. The van der Waals surface area contributed by atoms with Crippen LogP contribution in [0.25, 0.3) is 0 Å². The van der Waals surface area contributed by atoms with Crippen molar-refractivity contribution < 1.29 is 24.5 Å². The Morgan fingerprint density at radius 3 is 2.29 bits per heavy atom. The van der Waals surface area contributed by atoms with Crippen LogP contribution in [0.15, 0.2) is 30.3 Å². The maximum atomic E-state index is 11.3. The first-order valence-corrected chi connectivity index (χ1v) is 5.09. The van der Waals surface area contributed by atoms with Gasteiger partial charge in [-0.1, -0.05) is 30.3 Å². The van der Waals surface area contributed by atoms with E-state index in [4.69, 9.17) is 9.84 Å². The number of hydrogen-bond donors (Lipinski definition) is 2. The van der Waals surface area contributed by atoms with E-state index in [1.807, 2.05) is 6.07 Å². The van der Waals surface area contributed by atoms with E-state index >= 15 is 0 Å². The Balaban J connectivity index is 2.47. The highest BCUT2D eigenvalue weighted by Crippen LogP contribution is 2.04. The summed E-state index contributed by atoms with van der Waals surface area (Å²) in [7, 11) is 0. The zero-order chi connectivity index (χ0) is 12.8. The maximum Gasteiger partial charge on any atom is 0.338 e. The van der Waals surface area contributed by atoms with Gasteiger partial charge >= 0.3 is 5.97 Å². The van der Waals surface area contributed by atoms with Crippen molar-refractivity contribution in [3.8, 4) is 0 Å². The molecule has 0 saturated carbocycles. The molecule has 0 bridgehead atoms. The molecule has 0 aromatic heterocycles. The van der Waals surface area contributed by atoms with Gasteiger partial charge in [-0.05, 0) is 12.5 Å². The lowest BCUT2D eigenvalue weighted by molar-refractivity contribution is -0.164. The van der Waals surface area contributed by atoms with Crippen LogP contribution in [0.2, 0.25) is 0 Å². The van der Waals surface area contributed by atoms with Crippen LogP contribution < -0.4 is 0 Å². The summed E-state index contributed by atoms with van der Waals surface area (Å²) in [5.74, 6) is -1.70. The van der Waals surface area contributed by atoms with Crippen molar-refractivity contribution >= 4 is 11.8 Å². The number of rotatable bonds is 5. The van der Waals surface area contributed by atoms with E-state index in [0.29, 0.717) is 0 Å². The molecule has 0 aliphatic rings. The van der Waals surface area contributed by atoms with Gasteiger partial charge in [-0.3, -0.25) is 4.79 Å². The van der Waals surface area contributed by atoms with Gasteiger partial charge in [0.1, 0.15) is 12.7 Å². The van der Waals surface area contributed by atoms with Crippen LogP contribution in [0.4, 0.5) is 0 Å². The van der Waals surface area contributed by atoms with Gasteiger partial charge in [-0.2, -0.15) is 0 Å². The molecule has 0 spiro atoms. The monoisotopic (exact) mass is 238 g/mol. The van der Waals surface area contributed by atoms with E-state index in [2.05, 4.69) is 0 Å². The summed E-state index contributed by atoms with van der Waals surface area (Å²) in [5.41, 5.74) is 0.755. The minimum Gasteiger partial charge on any atom is -0.459 e. The van der Waals surface area contributed by atoms with Gasteiger partial charge in [0.05, 0.1) is 0 Å². The summed E-state index contributed by atoms with van der Waals surface area (Å²) >= 11 is 0. The van der Waals surface area contributed by atoms with Crippen LogP contribution in [0.3, 0.4) is 0 Å². The molecule has 0 aliphatic heterocycles. The topological polar surface area (TPSA) is 83.8 Å². The third-order valence-corrected chi connectivity index (χ3v) is 2.18. The molecule has 2 unspecified atom stereocenters. The van der Waals surface area contributed by atoms with Crippen LogP contribution in [0.1, 0.15) is 12.5 Å². The van der Waals surface area contributed by atoms with Gasteiger partial charge in [0.15, 0.2) is 11.9 Å². The molecule has 0 radical (unpaired) electrons. The second kappa shape index (κ2) is 6.12. The minimum absolute atomic E-state index is 0.0125. The Hall–Kier alpha value is -1.72. The Labute approximate surface area is 98.6 Å². The van der Waals surface area contributed by atoms with Gasteiger partial charge in [0.25, 0.3) is 0 Å². The van der Waals surface area contributed by atoms with Crippen LogP contribution in [0.5, 0.6) is 0 Å². The number of benzene rings is 1. The fourth-order valence-electron chi connectivity index (χ4n) is 1.17. The molecular formula is C12H14O5. The molecule has 5 nitrogen and oxygen atoms in total. The zero-order valence-electron chi connectivity index (χ0n) is 9.37. The first-order valence-electron chi connectivity index (χ1n) is 5.09. The molecule has 0 amide bonds. The van der Waals surface area contributed by atoms with Crippen molar-refractivity contribution in [2.24, 2.45) is 0 Å². The number of carbonyl (C=O) groups excluding carboxylic acids is 2. The molecule has 1 rings (SSSR count). The predicted molar refractivity (Wildman–Crippen MR) is 58.9 cm³/mol.